The van der Waals surface area contributed by atoms with Crippen molar-refractivity contribution in [3.05, 3.63) is 88.7 Å². The highest BCUT2D eigenvalue weighted by atomic mass is 35.5. The van der Waals surface area contributed by atoms with E-state index in [1.54, 1.807) is 6.20 Å². The van der Waals surface area contributed by atoms with Crippen LogP contribution < -0.4 is 0 Å². The van der Waals surface area contributed by atoms with Gasteiger partial charge >= 0.3 is 0 Å². The Morgan fingerprint density at radius 1 is 0.840 bits per heavy atom. The lowest BCUT2D eigenvalue weighted by atomic mass is 10.2. The minimum absolute atomic E-state index is 0.683. The third kappa shape index (κ3) is 5.08. The molecular formula is C20H21ClN4. The molecule has 0 aliphatic carbocycles. The van der Waals surface area contributed by atoms with Gasteiger partial charge in [-0.25, -0.2) is 0 Å². The first-order valence-corrected chi connectivity index (χ1v) is 8.72. The Hall–Kier alpha value is -2.30. The maximum atomic E-state index is 6.30. The highest BCUT2D eigenvalue weighted by Crippen LogP contribution is 2.17. The van der Waals surface area contributed by atoms with Gasteiger partial charge in [-0.3, -0.25) is 19.9 Å². The molecule has 0 fully saturated rings. The van der Waals surface area contributed by atoms with E-state index in [2.05, 4.69) is 38.9 Å². The van der Waals surface area contributed by atoms with Crippen LogP contribution in [0.5, 0.6) is 0 Å². The molecule has 0 saturated heterocycles. The summed E-state index contributed by atoms with van der Waals surface area (Å²) in [7, 11) is 0. The van der Waals surface area contributed by atoms with Crippen LogP contribution in [0.2, 0.25) is 5.02 Å². The summed E-state index contributed by atoms with van der Waals surface area (Å²) < 4.78 is 0. The van der Waals surface area contributed by atoms with Crippen molar-refractivity contribution in [3.8, 4) is 0 Å². The van der Waals surface area contributed by atoms with E-state index in [4.69, 9.17) is 11.6 Å². The Morgan fingerprint density at radius 2 is 1.56 bits per heavy atom. The molecule has 0 bridgehead atoms. The van der Waals surface area contributed by atoms with Gasteiger partial charge in [-0.15, -0.1) is 0 Å². The van der Waals surface area contributed by atoms with Crippen molar-refractivity contribution in [1.29, 1.82) is 0 Å². The lowest BCUT2D eigenvalue weighted by molar-refractivity contribution is 0.252. The molecule has 3 rings (SSSR count). The number of hydrogen-bond donors (Lipinski definition) is 0. The molecule has 25 heavy (non-hydrogen) atoms. The number of rotatable bonds is 7. The largest absolute Gasteiger partial charge is 0.291 e. The van der Waals surface area contributed by atoms with Gasteiger partial charge in [0.05, 0.1) is 16.4 Å². The predicted molar refractivity (Wildman–Crippen MR) is 100 cm³/mol. The fraction of sp³-hybridized carbons (Fsp3) is 0.250. The van der Waals surface area contributed by atoms with Gasteiger partial charge in [0.15, 0.2) is 0 Å². The van der Waals surface area contributed by atoms with Crippen LogP contribution in [0, 0.1) is 6.92 Å². The van der Waals surface area contributed by atoms with Crippen molar-refractivity contribution in [2.75, 3.05) is 6.54 Å². The molecular weight excluding hydrogens is 332 g/mol. The molecule has 4 nitrogen and oxygen atoms in total. The Bertz CT molecular complexity index is 760. The zero-order valence-corrected chi connectivity index (χ0v) is 15.0. The van der Waals surface area contributed by atoms with Crippen molar-refractivity contribution in [2.45, 2.75) is 26.4 Å². The normalized spacial score (nSPS) is 11.0. The van der Waals surface area contributed by atoms with Crippen LogP contribution in [-0.4, -0.2) is 26.4 Å². The van der Waals surface area contributed by atoms with E-state index in [1.807, 2.05) is 42.7 Å². The van der Waals surface area contributed by atoms with Crippen molar-refractivity contribution in [2.24, 2.45) is 0 Å². The van der Waals surface area contributed by atoms with E-state index in [0.29, 0.717) is 11.6 Å². The molecule has 3 aromatic heterocycles. The van der Waals surface area contributed by atoms with Gasteiger partial charge in [0.1, 0.15) is 0 Å². The number of hydrogen-bond acceptors (Lipinski definition) is 4. The summed E-state index contributed by atoms with van der Waals surface area (Å²) in [6, 6.07) is 13.8. The summed E-state index contributed by atoms with van der Waals surface area (Å²) in [6.45, 7) is 4.39. The lowest BCUT2D eigenvalue weighted by Crippen LogP contribution is -2.27. The van der Waals surface area contributed by atoms with E-state index in [1.165, 1.54) is 5.56 Å². The molecule has 0 amide bonds. The van der Waals surface area contributed by atoms with E-state index < -0.39 is 0 Å². The van der Waals surface area contributed by atoms with Crippen LogP contribution in [-0.2, 0) is 19.5 Å². The highest BCUT2D eigenvalue weighted by molar-refractivity contribution is 6.31. The summed E-state index contributed by atoms with van der Waals surface area (Å²) in [5.41, 5.74) is 4.24. The maximum absolute atomic E-state index is 6.30. The summed E-state index contributed by atoms with van der Waals surface area (Å²) in [5, 5.41) is 0.697. The van der Waals surface area contributed by atoms with Crippen LogP contribution >= 0.6 is 11.6 Å². The minimum Gasteiger partial charge on any atom is -0.291 e. The van der Waals surface area contributed by atoms with Crippen molar-refractivity contribution in [3.63, 3.8) is 0 Å². The molecule has 5 heteroatoms. The topological polar surface area (TPSA) is 41.9 Å². The molecule has 0 aliphatic rings. The van der Waals surface area contributed by atoms with E-state index >= 15 is 0 Å². The third-order valence-corrected chi connectivity index (χ3v) is 4.45. The van der Waals surface area contributed by atoms with Gasteiger partial charge in [-0.05, 0) is 42.8 Å². The summed E-state index contributed by atoms with van der Waals surface area (Å²) in [6.07, 6.45) is 6.33. The number of halogens is 1. The van der Waals surface area contributed by atoms with Gasteiger partial charge < -0.3 is 0 Å². The van der Waals surface area contributed by atoms with Crippen LogP contribution in [0.1, 0.15) is 22.6 Å². The van der Waals surface area contributed by atoms with Gasteiger partial charge in [0.25, 0.3) is 0 Å². The molecule has 0 saturated carbocycles. The zero-order valence-electron chi connectivity index (χ0n) is 14.3. The smallest absolute Gasteiger partial charge is 0.0729 e. The monoisotopic (exact) mass is 352 g/mol. The second-order valence-electron chi connectivity index (χ2n) is 5.98. The molecule has 0 radical (unpaired) electrons. The van der Waals surface area contributed by atoms with Gasteiger partial charge in [-0.1, -0.05) is 23.7 Å². The third-order valence-electron chi connectivity index (χ3n) is 4.11. The average Bonchev–Trinajstić information content (AvgIpc) is 2.64. The molecule has 0 unspecified atom stereocenters. The van der Waals surface area contributed by atoms with Crippen LogP contribution in [0.4, 0.5) is 0 Å². The molecule has 0 aromatic carbocycles. The van der Waals surface area contributed by atoms with Gasteiger partial charge in [0.2, 0.25) is 0 Å². The zero-order chi connectivity index (χ0) is 17.5. The second kappa shape index (κ2) is 8.70. The maximum Gasteiger partial charge on any atom is 0.0729 e. The summed E-state index contributed by atoms with van der Waals surface area (Å²) in [4.78, 5) is 15.7. The fourth-order valence-corrected chi connectivity index (χ4v) is 2.86. The summed E-state index contributed by atoms with van der Waals surface area (Å²) in [5.74, 6) is 0. The number of aryl methyl sites for hydroxylation is 1. The molecule has 0 N–H and O–H groups in total. The van der Waals surface area contributed by atoms with Crippen molar-refractivity contribution < 1.29 is 0 Å². The SMILES string of the molecule is Cc1cccnc1CN(CCc1ccccn1)Cc1ncccc1Cl. The van der Waals surface area contributed by atoms with Gasteiger partial charge in [-0.2, -0.15) is 0 Å². The first kappa shape index (κ1) is 17.5. The molecule has 0 spiro atoms. The van der Waals surface area contributed by atoms with Crippen molar-refractivity contribution in [1.82, 2.24) is 19.9 Å². The standard InChI is InChI=1S/C20H21ClN4/c1-16-6-4-11-23-19(16)14-25(13-9-17-7-2-3-10-22-17)15-20-18(21)8-5-12-24-20/h2-8,10-12H,9,13-15H2,1H3. The quantitative estimate of drug-likeness (QED) is 0.642. The van der Waals surface area contributed by atoms with E-state index in [9.17, 15) is 0 Å². The number of pyridine rings is 3. The lowest BCUT2D eigenvalue weighted by Gasteiger charge is -2.22. The van der Waals surface area contributed by atoms with E-state index in [-0.39, 0.29) is 0 Å². The predicted octanol–water partition coefficient (Wildman–Crippen LogP) is 4.08. The molecule has 0 atom stereocenters. The van der Waals surface area contributed by atoms with Crippen LogP contribution in [0.15, 0.2) is 61.1 Å². The fourth-order valence-electron chi connectivity index (χ4n) is 2.67. The average molecular weight is 353 g/mol. The first-order valence-electron chi connectivity index (χ1n) is 8.34. The molecule has 3 heterocycles. The minimum atomic E-state index is 0.683. The second-order valence-corrected chi connectivity index (χ2v) is 6.39. The van der Waals surface area contributed by atoms with E-state index in [0.717, 1.165) is 36.6 Å². The molecule has 3 aromatic rings. The molecule has 0 aliphatic heterocycles. The number of nitrogens with zero attached hydrogens (tertiary/aromatic N) is 4. The van der Waals surface area contributed by atoms with Gasteiger partial charge in [0, 0.05) is 50.3 Å². The molecule has 128 valence electrons. The van der Waals surface area contributed by atoms with Crippen LogP contribution in [0.25, 0.3) is 0 Å². The Kier molecular flexibility index (Phi) is 6.09. The van der Waals surface area contributed by atoms with Crippen molar-refractivity contribution >= 4 is 11.6 Å². The number of aromatic nitrogens is 3. The Morgan fingerprint density at radius 3 is 2.28 bits per heavy atom. The highest BCUT2D eigenvalue weighted by Gasteiger charge is 2.13. The Labute approximate surface area is 153 Å². The Balaban J connectivity index is 1.75. The first-order chi connectivity index (χ1) is 12.2. The van der Waals surface area contributed by atoms with Crippen LogP contribution in [0.3, 0.4) is 0 Å². The summed E-state index contributed by atoms with van der Waals surface area (Å²) >= 11 is 6.30.